The van der Waals surface area contributed by atoms with Crippen molar-refractivity contribution in [1.82, 2.24) is 10.6 Å². The van der Waals surface area contributed by atoms with Gasteiger partial charge in [0.2, 0.25) is 13.6 Å². The highest BCUT2D eigenvalue weighted by atomic mass is 79.9. The molecule has 37 heavy (non-hydrogen) atoms. The van der Waals surface area contributed by atoms with Crippen molar-refractivity contribution in [2.75, 3.05) is 26.7 Å². The largest absolute Gasteiger partial charge is 0.454 e. The predicted molar refractivity (Wildman–Crippen MR) is 148 cm³/mol. The molecule has 0 atom stereocenters. The van der Waals surface area contributed by atoms with E-state index in [9.17, 15) is 0 Å². The number of benzene rings is 4. The van der Waals surface area contributed by atoms with Crippen molar-refractivity contribution in [3.8, 4) is 23.0 Å². The van der Waals surface area contributed by atoms with Gasteiger partial charge in [0.1, 0.15) is 0 Å². The van der Waals surface area contributed by atoms with Gasteiger partial charge in [-0.15, -0.1) is 0 Å². The minimum atomic E-state index is 0.309. The van der Waals surface area contributed by atoms with E-state index in [2.05, 4.69) is 81.2 Å². The molecule has 0 saturated heterocycles. The van der Waals surface area contributed by atoms with E-state index in [0.717, 1.165) is 66.5 Å². The maximum absolute atomic E-state index is 5.51. The lowest BCUT2D eigenvalue weighted by molar-refractivity contribution is 0.173. The zero-order valence-electron chi connectivity index (χ0n) is 20.5. The summed E-state index contributed by atoms with van der Waals surface area (Å²) in [5, 5.41) is 9.82. The Kier molecular flexibility index (Phi) is 7.17. The molecular formula is C30H29BrN2O4. The summed E-state index contributed by atoms with van der Waals surface area (Å²) in [6.07, 6.45) is 1.86. The molecule has 0 bridgehead atoms. The third-order valence-electron chi connectivity index (χ3n) is 6.85. The second-order valence-electron chi connectivity index (χ2n) is 9.27. The van der Waals surface area contributed by atoms with Crippen LogP contribution in [0.25, 0.3) is 10.8 Å². The molecule has 7 heteroatoms. The quantitative estimate of drug-likeness (QED) is 0.242. The SMILES string of the molecule is Brc1ccc(CNCCc2ccc3c(c2)OCO3)c2c(CNCCc3ccc4c(c3)OCO4)cccc12. The molecule has 0 radical (unpaired) electrons. The third kappa shape index (κ3) is 5.39. The van der Waals surface area contributed by atoms with Crippen molar-refractivity contribution in [2.45, 2.75) is 25.9 Å². The van der Waals surface area contributed by atoms with Crippen LogP contribution in [0.1, 0.15) is 22.3 Å². The molecule has 0 amide bonds. The van der Waals surface area contributed by atoms with E-state index in [1.807, 2.05) is 12.1 Å². The number of halogens is 1. The van der Waals surface area contributed by atoms with Crippen LogP contribution in [0.4, 0.5) is 0 Å². The van der Waals surface area contributed by atoms with Gasteiger partial charge in [0.15, 0.2) is 23.0 Å². The van der Waals surface area contributed by atoms with E-state index in [1.54, 1.807) is 0 Å². The maximum atomic E-state index is 5.51. The monoisotopic (exact) mass is 560 g/mol. The number of fused-ring (bicyclic) bond motifs is 3. The molecule has 0 aliphatic carbocycles. The van der Waals surface area contributed by atoms with E-state index in [1.165, 1.54) is 33.0 Å². The lowest BCUT2D eigenvalue weighted by atomic mass is 9.98. The first-order chi connectivity index (χ1) is 18.2. The summed E-state index contributed by atoms with van der Waals surface area (Å²) in [4.78, 5) is 0. The first-order valence-corrected chi connectivity index (χ1v) is 13.4. The van der Waals surface area contributed by atoms with Gasteiger partial charge in [0.25, 0.3) is 0 Å². The topological polar surface area (TPSA) is 61.0 Å². The minimum absolute atomic E-state index is 0.309. The van der Waals surface area contributed by atoms with Crippen LogP contribution < -0.4 is 29.6 Å². The number of hydrogen-bond donors (Lipinski definition) is 2. The molecule has 4 aromatic rings. The fourth-order valence-corrected chi connectivity index (χ4v) is 5.39. The van der Waals surface area contributed by atoms with Crippen molar-refractivity contribution in [3.05, 3.63) is 93.5 Å². The summed E-state index contributed by atoms with van der Waals surface area (Å²) < 4.78 is 23.0. The Morgan fingerprint density at radius 2 is 1.19 bits per heavy atom. The smallest absolute Gasteiger partial charge is 0.231 e. The Bertz CT molecular complexity index is 1350. The van der Waals surface area contributed by atoms with Gasteiger partial charge in [-0.2, -0.15) is 0 Å². The number of hydrogen-bond acceptors (Lipinski definition) is 6. The van der Waals surface area contributed by atoms with Gasteiger partial charge in [-0.25, -0.2) is 0 Å². The van der Waals surface area contributed by atoms with E-state index in [4.69, 9.17) is 18.9 Å². The number of nitrogens with one attached hydrogen (secondary N) is 2. The number of rotatable bonds is 10. The highest BCUT2D eigenvalue weighted by Gasteiger charge is 2.14. The molecule has 6 rings (SSSR count). The molecule has 0 fully saturated rings. The highest BCUT2D eigenvalue weighted by Crippen LogP contribution is 2.34. The average Bonchev–Trinajstić information content (AvgIpc) is 3.59. The lowest BCUT2D eigenvalue weighted by Gasteiger charge is -2.15. The van der Waals surface area contributed by atoms with E-state index >= 15 is 0 Å². The number of ether oxygens (including phenoxy) is 4. The van der Waals surface area contributed by atoms with Gasteiger partial charge >= 0.3 is 0 Å². The van der Waals surface area contributed by atoms with Gasteiger partial charge in [-0.05, 0) is 89.3 Å². The maximum Gasteiger partial charge on any atom is 0.231 e. The molecule has 6 nitrogen and oxygen atoms in total. The molecule has 0 spiro atoms. The second kappa shape index (κ2) is 11.0. The standard InChI is InChI=1S/C30H29BrN2O4/c31-25-7-6-23(17-33-13-11-21-5-9-27-29(15-21)37-19-35-27)30-22(2-1-3-24(25)30)16-32-12-10-20-4-8-26-28(14-20)36-18-34-26/h1-9,14-15,32-33H,10-13,16-19H2. The fourth-order valence-electron chi connectivity index (χ4n) is 4.92. The van der Waals surface area contributed by atoms with Gasteiger partial charge < -0.3 is 29.6 Å². The molecule has 0 saturated carbocycles. The normalized spacial score (nSPS) is 13.4. The first kappa shape index (κ1) is 24.1. The van der Waals surface area contributed by atoms with Crippen molar-refractivity contribution >= 4 is 26.7 Å². The summed E-state index contributed by atoms with van der Waals surface area (Å²) in [5.74, 6) is 3.34. The Labute approximate surface area is 225 Å². The minimum Gasteiger partial charge on any atom is -0.454 e. The molecule has 4 aromatic carbocycles. The summed E-state index contributed by atoms with van der Waals surface area (Å²) in [5.41, 5.74) is 5.09. The van der Waals surface area contributed by atoms with Crippen LogP contribution in [0, 0.1) is 0 Å². The van der Waals surface area contributed by atoms with Crippen molar-refractivity contribution in [3.63, 3.8) is 0 Å². The Morgan fingerprint density at radius 3 is 1.81 bits per heavy atom. The zero-order chi connectivity index (χ0) is 25.0. The molecule has 2 aliphatic heterocycles. The van der Waals surface area contributed by atoms with Gasteiger partial charge in [-0.3, -0.25) is 0 Å². The highest BCUT2D eigenvalue weighted by molar-refractivity contribution is 9.10. The first-order valence-electron chi connectivity index (χ1n) is 12.6. The molecule has 2 aliphatic rings. The van der Waals surface area contributed by atoms with Crippen molar-refractivity contribution < 1.29 is 18.9 Å². The second-order valence-corrected chi connectivity index (χ2v) is 10.1. The van der Waals surface area contributed by atoms with E-state index in [0.29, 0.717) is 13.6 Å². The van der Waals surface area contributed by atoms with Crippen LogP contribution in [0.5, 0.6) is 23.0 Å². The molecular weight excluding hydrogens is 532 g/mol. The van der Waals surface area contributed by atoms with Crippen LogP contribution in [-0.4, -0.2) is 26.7 Å². The van der Waals surface area contributed by atoms with Crippen LogP contribution in [0.3, 0.4) is 0 Å². The van der Waals surface area contributed by atoms with Gasteiger partial charge in [0.05, 0.1) is 0 Å². The van der Waals surface area contributed by atoms with Crippen LogP contribution in [0.15, 0.2) is 71.2 Å². The zero-order valence-corrected chi connectivity index (χ0v) is 22.1. The van der Waals surface area contributed by atoms with Crippen molar-refractivity contribution in [2.24, 2.45) is 0 Å². The average molecular weight is 561 g/mol. The molecule has 2 N–H and O–H groups in total. The Hall–Kier alpha value is -3.26. The molecule has 0 unspecified atom stereocenters. The summed E-state index contributed by atoms with van der Waals surface area (Å²) in [7, 11) is 0. The van der Waals surface area contributed by atoms with Gasteiger partial charge in [0, 0.05) is 17.6 Å². The summed E-state index contributed by atoms with van der Waals surface area (Å²) >= 11 is 3.75. The predicted octanol–water partition coefficient (Wildman–Crippen LogP) is 5.72. The van der Waals surface area contributed by atoms with Crippen molar-refractivity contribution in [1.29, 1.82) is 0 Å². The fraction of sp³-hybridized carbons (Fsp3) is 0.267. The summed E-state index contributed by atoms with van der Waals surface area (Å²) in [6, 6.07) is 23.3. The van der Waals surface area contributed by atoms with Crippen LogP contribution in [-0.2, 0) is 25.9 Å². The van der Waals surface area contributed by atoms with E-state index < -0.39 is 0 Å². The van der Waals surface area contributed by atoms with Crippen LogP contribution in [0.2, 0.25) is 0 Å². The third-order valence-corrected chi connectivity index (χ3v) is 7.54. The summed E-state index contributed by atoms with van der Waals surface area (Å²) in [6.45, 7) is 4.00. The lowest BCUT2D eigenvalue weighted by Crippen LogP contribution is -2.19. The Balaban J connectivity index is 1.08. The van der Waals surface area contributed by atoms with Gasteiger partial charge in [-0.1, -0.05) is 52.3 Å². The molecule has 2 heterocycles. The molecule has 0 aromatic heterocycles. The molecule has 190 valence electrons. The van der Waals surface area contributed by atoms with E-state index in [-0.39, 0.29) is 0 Å². The van der Waals surface area contributed by atoms with Crippen LogP contribution >= 0.6 is 15.9 Å². The Morgan fingerprint density at radius 1 is 0.622 bits per heavy atom.